The third-order valence-electron chi connectivity index (χ3n) is 4.32. The van der Waals surface area contributed by atoms with Crippen LogP contribution in [0.5, 0.6) is 5.75 Å². The number of hydrogen-bond acceptors (Lipinski definition) is 4. The minimum Gasteiger partial charge on any atom is -0.490 e. The van der Waals surface area contributed by atoms with Gasteiger partial charge < -0.3 is 10.1 Å². The number of halogens is 1. The Kier molecular flexibility index (Phi) is 4.77. The fourth-order valence-corrected chi connectivity index (χ4v) is 2.91. The number of nitrogens with one attached hydrogen (secondary N) is 1. The van der Waals surface area contributed by atoms with Gasteiger partial charge in [0.25, 0.3) is 5.91 Å². The number of hydrogen-bond donors (Lipinski definition) is 1. The maximum Gasteiger partial charge on any atom is 0.257 e. The second-order valence-corrected chi connectivity index (χ2v) is 6.92. The molecule has 1 saturated carbocycles. The first-order valence-electron chi connectivity index (χ1n) is 8.76. The van der Waals surface area contributed by atoms with Crippen LogP contribution in [0.25, 0.3) is 11.3 Å². The van der Waals surface area contributed by atoms with E-state index in [0.717, 1.165) is 29.7 Å². The Labute approximate surface area is 162 Å². The number of carbonyl (C=O) groups is 1. The molecule has 2 aromatic carbocycles. The summed E-state index contributed by atoms with van der Waals surface area (Å²) in [5, 5.41) is 3.34. The van der Waals surface area contributed by atoms with E-state index in [4.69, 9.17) is 16.3 Å². The van der Waals surface area contributed by atoms with Crippen molar-refractivity contribution in [1.82, 2.24) is 9.97 Å². The smallest absolute Gasteiger partial charge is 0.257 e. The Hall–Kier alpha value is -2.92. The maximum absolute atomic E-state index is 12.4. The molecule has 1 aromatic heterocycles. The van der Waals surface area contributed by atoms with Crippen LogP contribution in [0.4, 0.5) is 5.82 Å². The molecule has 0 atom stereocenters. The lowest BCUT2D eigenvalue weighted by atomic mass is 10.1. The summed E-state index contributed by atoms with van der Waals surface area (Å²) < 4.78 is 5.82. The molecule has 1 aliphatic rings. The molecule has 4 rings (SSSR count). The van der Waals surface area contributed by atoms with E-state index in [0.29, 0.717) is 28.2 Å². The van der Waals surface area contributed by atoms with Crippen molar-refractivity contribution in [2.24, 2.45) is 0 Å². The quantitative estimate of drug-likeness (QED) is 0.684. The van der Waals surface area contributed by atoms with Gasteiger partial charge in [0.15, 0.2) is 5.82 Å². The fourth-order valence-electron chi connectivity index (χ4n) is 2.70. The SMILES string of the molecule is Cc1ccccc1C(=O)Nc1cnc(-c2cc(OC3CC3)ccc2Cl)cn1. The minimum atomic E-state index is -0.215. The van der Waals surface area contributed by atoms with Crippen LogP contribution in [0.2, 0.25) is 5.02 Å². The molecule has 5 nitrogen and oxygen atoms in total. The molecule has 1 amide bonds. The van der Waals surface area contributed by atoms with Crippen LogP contribution in [-0.2, 0) is 0 Å². The molecule has 0 unspecified atom stereocenters. The lowest BCUT2D eigenvalue weighted by molar-refractivity contribution is 0.102. The second kappa shape index (κ2) is 7.37. The fraction of sp³-hybridized carbons (Fsp3) is 0.190. The molecule has 27 heavy (non-hydrogen) atoms. The second-order valence-electron chi connectivity index (χ2n) is 6.51. The Morgan fingerprint density at radius 2 is 1.96 bits per heavy atom. The van der Waals surface area contributed by atoms with E-state index in [1.165, 1.54) is 6.20 Å². The average Bonchev–Trinajstić information content (AvgIpc) is 3.48. The Bertz CT molecular complexity index is 985. The number of aromatic nitrogens is 2. The van der Waals surface area contributed by atoms with Gasteiger partial charge in [0, 0.05) is 11.1 Å². The first-order chi connectivity index (χ1) is 13.1. The highest BCUT2D eigenvalue weighted by atomic mass is 35.5. The van der Waals surface area contributed by atoms with Gasteiger partial charge in [-0.2, -0.15) is 0 Å². The van der Waals surface area contributed by atoms with Gasteiger partial charge in [-0.15, -0.1) is 0 Å². The van der Waals surface area contributed by atoms with Crippen molar-refractivity contribution in [2.45, 2.75) is 25.9 Å². The predicted octanol–water partition coefficient (Wildman–Crippen LogP) is 4.90. The molecule has 0 saturated heterocycles. The summed E-state index contributed by atoms with van der Waals surface area (Å²) in [4.78, 5) is 21.1. The number of aryl methyl sites for hydroxylation is 1. The van der Waals surface area contributed by atoms with E-state index in [1.807, 2.05) is 37.3 Å². The van der Waals surface area contributed by atoms with E-state index in [2.05, 4.69) is 15.3 Å². The van der Waals surface area contributed by atoms with Crippen LogP contribution in [0, 0.1) is 6.92 Å². The van der Waals surface area contributed by atoms with Gasteiger partial charge in [-0.05, 0) is 49.6 Å². The monoisotopic (exact) mass is 379 g/mol. The predicted molar refractivity (Wildman–Crippen MR) is 105 cm³/mol. The van der Waals surface area contributed by atoms with E-state index in [9.17, 15) is 4.79 Å². The minimum absolute atomic E-state index is 0.215. The summed E-state index contributed by atoms with van der Waals surface area (Å²) in [5.74, 6) is 0.942. The molecular formula is C21H18ClN3O2. The molecule has 0 radical (unpaired) electrons. The maximum atomic E-state index is 12.4. The third kappa shape index (κ3) is 4.09. The van der Waals surface area contributed by atoms with Crippen molar-refractivity contribution in [3.8, 4) is 17.0 Å². The molecule has 1 heterocycles. The molecule has 6 heteroatoms. The zero-order valence-corrected chi connectivity index (χ0v) is 15.5. The molecule has 1 fully saturated rings. The summed E-state index contributed by atoms with van der Waals surface area (Å²) in [6.07, 6.45) is 5.61. The topological polar surface area (TPSA) is 64.1 Å². The molecule has 1 aliphatic carbocycles. The Morgan fingerprint density at radius 1 is 1.15 bits per heavy atom. The van der Waals surface area contributed by atoms with Crippen molar-refractivity contribution in [1.29, 1.82) is 0 Å². The van der Waals surface area contributed by atoms with E-state index in [1.54, 1.807) is 18.3 Å². The van der Waals surface area contributed by atoms with Crippen LogP contribution >= 0.6 is 11.6 Å². The molecular weight excluding hydrogens is 362 g/mol. The summed E-state index contributed by atoms with van der Waals surface area (Å²) in [7, 11) is 0. The summed E-state index contributed by atoms with van der Waals surface area (Å²) in [5.41, 5.74) is 2.88. The zero-order chi connectivity index (χ0) is 18.8. The van der Waals surface area contributed by atoms with Crippen molar-refractivity contribution >= 4 is 23.3 Å². The molecule has 1 N–H and O–H groups in total. The highest BCUT2D eigenvalue weighted by Gasteiger charge is 2.23. The Balaban J connectivity index is 1.52. The van der Waals surface area contributed by atoms with Crippen LogP contribution in [0.15, 0.2) is 54.9 Å². The van der Waals surface area contributed by atoms with Gasteiger partial charge >= 0.3 is 0 Å². The van der Waals surface area contributed by atoms with Crippen molar-refractivity contribution in [3.05, 3.63) is 71.0 Å². The zero-order valence-electron chi connectivity index (χ0n) is 14.8. The number of nitrogens with zero attached hydrogens (tertiary/aromatic N) is 2. The number of ether oxygens (including phenoxy) is 1. The standard InChI is InChI=1S/C21H18ClN3O2/c1-13-4-2-3-5-16(13)21(26)25-20-12-23-19(11-24-20)17-10-15(8-9-18(17)22)27-14-6-7-14/h2-5,8-12,14H,6-7H2,1H3,(H,24,25,26). The molecule has 0 spiro atoms. The van der Waals surface area contributed by atoms with E-state index >= 15 is 0 Å². The molecule has 0 bridgehead atoms. The van der Waals surface area contributed by atoms with Crippen LogP contribution in [-0.4, -0.2) is 22.0 Å². The summed E-state index contributed by atoms with van der Waals surface area (Å²) in [6.45, 7) is 1.89. The normalized spacial score (nSPS) is 13.3. The number of anilines is 1. The molecule has 3 aromatic rings. The number of amides is 1. The van der Waals surface area contributed by atoms with Crippen molar-refractivity contribution < 1.29 is 9.53 Å². The highest BCUT2D eigenvalue weighted by molar-refractivity contribution is 6.33. The summed E-state index contributed by atoms with van der Waals surface area (Å²) in [6, 6.07) is 12.9. The number of benzene rings is 2. The highest BCUT2D eigenvalue weighted by Crippen LogP contribution is 2.33. The average molecular weight is 380 g/mol. The van der Waals surface area contributed by atoms with Crippen molar-refractivity contribution in [2.75, 3.05) is 5.32 Å². The largest absolute Gasteiger partial charge is 0.490 e. The first kappa shape index (κ1) is 17.5. The first-order valence-corrected chi connectivity index (χ1v) is 9.13. The van der Waals surface area contributed by atoms with Crippen LogP contribution < -0.4 is 10.1 Å². The van der Waals surface area contributed by atoms with Gasteiger partial charge in [-0.3, -0.25) is 9.78 Å². The lowest BCUT2D eigenvalue weighted by Crippen LogP contribution is -2.14. The Morgan fingerprint density at radius 3 is 2.67 bits per heavy atom. The van der Waals surface area contributed by atoms with Crippen LogP contribution in [0.3, 0.4) is 0 Å². The third-order valence-corrected chi connectivity index (χ3v) is 4.65. The molecule has 0 aliphatic heterocycles. The van der Waals surface area contributed by atoms with E-state index < -0.39 is 0 Å². The lowest BCUT2D eigenvalue weighted by Gasteiger charge is -2.10. The van der Waals surface area contributed by atoms with E-state index in [-0.39, 0.29) is 5.91 Å². The van der Waals surface area contributed by atoms with Crippen molar-refractivity contribution in [3.63, 3.8) is 0 Å². The summed E-state index contributed by atoms with van der Waals surface area (Å²) >= 11 is 6.31. The number of rotatable bonds is 5. The van der Waals surface area contributed by atoms with Gasteiger partial charge in [0.05, 0.1) is 29.2 Å². The molecule has 136 valence electrons. The van der Waals surface area contributed by atoms with Gasteiger partial charge in [0.2, 0.25) is 0 Å². The van der Waals surface area contributed by atoms with Gasteiger partial charge in [-0.25, -0.2) is 4.98 Å². The number of carbonyl (C=O) groups excluding carboxylic acids is 1. The van der Waals surface area contributed by atoms with Gasteiger partial charge in [0.1, 0.15) is 5.75 Å². The van der Waals surface area contributed by atoms with Crippen LogP contribution in [0.1, 0.15) is 28.8 Å². The van der Waals surface area contributed by atoms with Gasteiger partial charge in [-0.1, -0.05) is 29.8 Å².